The van der Waals surface area contributed by atoms with E-state index in [0.29, 0.717) is 17.5 Å². The molecule has 0 aliphatic carbocycles. The monoisotopic (exact) mass is 393 g/mol. The number of aromatic nitrogens is 2. The number of ether oxygens (including phenoxy) is 1. The minimum atomic E-state index is -1.08. The van der Waals surface area contributed by atoms with Crippen LogP contribution in [0.4, 0.5) is 0 Å². The van der Waals surface area contributed by atoms with E-state index < -0.39 is 12.0 Å². The Morgan fingerprint density at radius 3 is 2.55 bits per heavy atom. The first-order valence-corrected chi connectivity index (χ1v) is 9.17. The van der Waals surface area contributed by atoms with Crippen LogP contribution in [0.15, 0.2) is 54.7 Å². The van der Waals surface area contributed by atoms with Gasteiger partial charge in [0.1, 0.15) is 11.3 Å². The fourth-order valence-corrected chi connectivity index (χ4v) is 3.17. The van der Waals surface area contributed by atoms with Crippen molar-refractivity contribution in [3.8, 4) is 5.75 Å². The van der Waals surface area contributed by atoms with Crippen LogP contribution >= 0.6 is 0 Å². The van der Waals surface area contributed by atoms with E-state index in [1.165, 1.54) is 13.2 Å². The van der Waals surface area contributed by atoms with Crippen LogP contribution in [0.25, 0.3) is 0 Å². The maximum atomic E-state index is 12.9. The van der Waals surface area contributed by atoms with Gasteiger partial charge in [0.05, 0.1) is 30.6 Å². The molecule has 1 amide bonds. The number of hydrogen-bond donors (Lipinski definition) is 2. The fraction of sp³-hybridized carbons (Fsp3) is 0.227. The third kappa shape index (κ3) is 4.45. The summed E-state index contributed by atoms with van der Waals surface area (Å²) in [5, 5.41) is 16.5. The fourth-order valence-electron chi connectivity index (χ4n) is 3.17. The van der Waals surface area contributed by atoms with Crippen molar-refractivity contribution >= 4 is 11.9 Å². The quantitative estimate of drug-likeness (QED) is 0.643. The minimum Gasteiger partial charge on any atom is -0.496 e. The summed E-state index contributed by atoms with van der Waals surface area (Å²) in [6, 6.07) is 14.3. The molecule has 0 spiro atoms. The van der Waals surface area contributed by atoms with Crippen LogP contribution in [-0.2, 0) is 13.5 Å². The van der Waals surface area contributed by atoms with Gasteiger partial charge < -0.3 is 15.2 Å². The predicted octanol–water partition coefficient (Wildman–Crippen LogP) is 3.21. The normalized spacial score (nSPS) is 11.7. The molecule has 7 heteroatoms. The lowest BCUT2D eigenvalue weighted by molar-refractivity contribution is 0.0693. The highest BCUT2D eigenvalue weighted by atomic mass is 16.5. The highest BCUT2D eigenvalue weighted by molar-refractivity contribution is 5.95. The van der Waals surface area contributed by atoms with E-state index in [0.717, 1.165) is 11.3 Å². The van der Waals surface area contributed by atoms with Gasteiger partial charge in [-0.3, -0.25) is 9.48 Å². The second-order valence-electron chi connectivity index (χ2n) is 6.75. The lowest BCUT2D eigenvalue weighted by Crippen LogP contribution is -2.27. The Balaban J connectivity index is 1.80. The number of carbonyl (C=O) groups is 2. The zero-order valence-electron chi connectivity index (χ0n) is 16.5. The topological polar surface area (TPSA) is 93.5 Å². The molecule has 0 aliphatic heterocycles. The van der Waals surface area contributed by atoms with Crippen LogP contribution in [0.2, 0.25) is 0 Å². The number of rotatable bonds is 7. The van der Waals surface area contributed by atoms with Gasteiger partial charge >= 0.3 is 5.97 Å². The van der Waals surface area contributed by atoms with Crippen molar-refractivity contribution in [1.82, 2.24) is 15.1 Å². The number of aryl methyl sites for hydroxylation is 1. The molecule has 1 aromatic heterocycles. The van der Waals surface area contributed by atoms with Gasteiger partial charge in [-0.2, -0.15) is 5.10 Å². The summed E-state index contributed by atoms with van der Waals surface area (Å²) in [7, 11) is 3.23. The average molecular weight is 393 g/mol. The molecule has 1 atom stereocenters. The number of methoxy groups -OCH3 is 1. The molecular weight excluding hydrogens is 370 g/mol. The van der Waals surface area contributed by atoms with Crippen molar-refractivity contribution in [2.45, 2.75) is 19.4 Å². The van der Waals surface area contributed by atoms with Crippen LogP contribution < -0.4 is 10.1 Å². The molecule has 0 unspecified atom stereocenters. The van der Waals surface area contributed by atoms with Gasteiger partial charge in [-0.15, -0.1) is 0 Å². The number of nitrogens with one attached hydrogen (secondary N) is 1. The summed E-state index contributed by atoms with van der Waals surface area (Å²) in [5.41, 5.74) is 3.11. The molecule has 0 saturated carbocycles. The molecule has 3 aromatic rings. The molecular formula is C22H23N3O4. The number of carboxylic acids is 1. The van der Waals surface area contributed by atoms with E-state index in [1.807, 2.05) is 30.3 Å². The third-order valence-electron chi connectivity index (χ3n) is 4.82. The number of carboxylic acid groups (broad SMARTS) is 1. The van der Waals surface area contributed by atoms with Crippen molar-refractivity contribution in [2.24, 2.45) is 7.05 Å². The maximum Gasteiger partial charge on any atom is 0.339 e. The number of nitrogens with zero attached hydrogens (tertiary/aromatic N) is 2. The Kier molecular flexibility index (Phi) is 5.97. The lowest BCUT2D eigenvalue weighted by atomic mass is 10.0. The summed E-state index contributed by atoms with van der Waals surface area (Å²) in [6.07, 6.45) is 2.14. The summed E-state index contributed by atoms with van der Waals surface area (Å²) in [6.45, 7) is 1.80. The highest BCUT2D eigenvalue weighted by Crippen LogP contribution is 2.24. The number of hydrogen-bond acceptors (Lipinski definition) is 4. The van der Waals surface area contributed by atoms with Crippen LogP contribution in [0.1, 0.15) is 50.5 Å². The van der Waals surface area contributed by atoms with Crippen LogP contribution in [0.3, 0.4) is 0 Å². The van der Waals surface area contributed by atoms with E-state index in [1.54, 1.807) is 37.0 Å². The molecule has 29 heavy (non-hydrogen) atoms. The molecule has 0 bridgehead atoms. The van der Waals surface area contributed by atoms with Crippen molar-refractivity contribution < 1.29 is 19.4 Å². The first-order chi connectivity index (χ1) is 13.9. The first kappa shape index (κ1) is 20.1. The van der Waals surface area contributed by atoms with E-state index in [-0.39, 0.29) is 17.2 Å². The van der Waals surface area contributed by atoms with E-state index in [2.05, 4.69) is 10.4 Å². The predicted molar refractivity (Wildman–Crippen MR) is 108 cm³/mol. The Morgan fingerprint density at radius 2 is 1.90 bits per heavy atom. The second kappa shape index (κ2) is 8.60. The summed E-state index contributed by atoms with van der Waals surface area (Å²) in [5.74, 6) is -1.07. The van der Waals surface area contributed by atoms with Gasteiger partial charge in [0.2, 0.25) is 0 Å². The standard InChI is InChI=1S/C22H23N3O4/c1-14(16-9-10-20(29-3)17(12-16)22(27)28)24-21(26)18-13-23-25(2)19(18)11-15-7-5-4-6-8-15/h4-10,12-14H,11H2,1-3H3,(H,24,26)(H,27,28)/t14-/m0/s1. The van der Waals surface area contributed by atoms with Gasteiger partial charge in [-0.1, -0.05) is 36.4 Å². The third-order valence-corrected chi connectivity index (χ3v) is 4.82. The number of benzene rings is 2. The molecule has 2 aromatic carbocycles. The van der Waals surface area contributed by atoms with E-state index in [4.69, 9.17) is 4.74 Å². The molecule has 0 saturated heterocycles. The molecule has 3 rings (SSSR count). The molecule has 7 nitrogen and oxygen atoms in total. The summed E-state index contributed by atoms with van der Waals surface area (Å²) in [4.78, 5) is 24.3. The number of amides is 1. The zero-order chi connectivity index (χ0) is 21.0. The Hall–Kier alpha value is -3.61. The lowest BCUT2D eigenvalue weighted by Gasteiger charge is -2.16. The van der Waals surface area contributed by atoms with Gasteiger partial charge in [-0.05, 0) is 30.2 Å². The summed E-state index contributed by atoms with van der Waals surface area (Å²) >= 11 is 0. The molecule has 0 radical (unpaired) electrons. The SMILES string of the molecule is COc1ccc([C@H](C)NC(=O)c2cnn(C)c2Cc2ccccc2)cc1C(=O)O. The van der Waals surface area contributed by atoms with Gasteiger partial charge in [0.25, 0.3) is 5.91 Å². The average Bonchev–Trinajstić information content (AvgIpc) is 3.08. The molecule has 2 N–H and O–H groups in total. The number of aromatic carboxylic acids is 1. The van der Waals surface area contributed by atoms with Gasteiger partial charge in [0.15, 0.2) is 0 Å². The van der Waals surface area contributed by atoms with E-state index >= 15 is 0 Å². The molecule has 0 aliphatic rings. The Morgan fingerprint density at radius 1 is 1.17 bits per heavy atom. The van der Waals surface area contributed by atoms with Crippen LogP contribution in [0.5, 0.6) is 5.75 Å². The van der Waals surface area contributed by atoms with Crippen molar-refractivity contribution in [2.75, 3.05) is 7.11 Å². The largest absolute Gasteiger partial charge is 0.496 e. The van der Waals surface area contributed by atoms with Crippen molar-refractivity contribution in [3.05, 3.63) is 82.7 Å². The molecule has 150 valence electrons. The maximum absolute atomic E-state index is 12.9. The molecule has 0 fully saturated rings. The van der Waals surface area contributed by atoms with Crippen molar-refractivity contribution in [1.29, 1.82) is 0 Å². The second-order valence-corrected chi connectivity index (χ2v) is 6.75. The minimum absolute atomic E-state index is 0.0530. The van der Waals surface area contributed by atoms with Crippen molar-refractivity contribution in [3.63, 3.8) is 0 Å². The molecule has 1 heterocycles. The Labute approximate surface area is 168 Å². The summed E-state index contributed by atoms with van der Waals surface area (Å²) < 4.78 is 6.78. The van der Waals surface area contributed by atoms with Crippen LogP contribution in [-0.4, -0.2) is 33.9 Å². The highest BCUT2D eigenvalue weighted by Gasteiger charge is 2.20. The van der Waals surface area contributed by atoms with Gasteiger partial charge in [-0.25, -0.2) is 4.79 Å². The van der Waals surface area contributed by atoms with Crippen LogP contribution in [0, 0.1) is 0 Å². The van der Waals surface area contributed by atoms with E-state index in [9.17, 15) is 14.7 Å². The number of carbonyl (C=O) groups excluding carboxylic acids is 1. The zero-order valence-corrected chi connectivity index (χ0v) is 16.5. The smallest absolute Gasteiger partial charge is 0.339 e. The first-order valence-electron chi connectivity index (χ1n) is 9.17. The van der Waals surface area contributed by atoms with Gasteiger partial charge in [0, 0.05) is 13.5 Å². The Bertz CT molecular complexity index is 1030.